The quantitative estimate of drug-likeness (QED) is 0.791. The van der Waals surface area contributed by atoms with E-state index in [9.17, 15) is 4.79 Å². The lowest BCUT2D eigenvalue weighted by molar-refractivity contribution is -0.130. The number of carbonyl (C=O) groups excluding carboxylic acids is 1. The van der Waals surface area contributed by atoms with Gasteiger partial charge in [-0.3, -0.25) is 4.79 Å². The molecular formula is C20H26BNO4. The average Bonchev–Trinajstić information content (AvgIpc) is 2.79. The fourth-order valence-corrected chi connectivity index (χ4v) is 2.73. The Hall–Kier alpha value is -2.05. The normalized spacial score (nSPS) is 18.2. The second-order valence-corrected chi connectivity index (χ2v) is 7.93. The Bertz CT molecular complexity index is 816. The molecule has 2 aromatic rings. The maximum atomic E-state index is 11.7. The van der Waals surface area contributed by atoms with E-state index in [2.05, 4.69) is 6.07 Å². The summed E-state index contributed by atoms with van der Waals surface area (Å²) in [5, 5.41) is 2.11. The topological polar surface area (TPSA) is 48.0 Å². The molecule has 1 aliphatic heterocycles. The third-order valence-electron chi connectivity index (χ3n) is 5.22. The first kappa shape index (κ1) is 18.7. The summed E-state index contributed by atoms with van der Waals surface area (Å²) in [5.74, 6) is 0.592. The zero-order chi connectivity index (χ0) is 19.1. The van der Waals surface area contributed by atoms with Crippen LogP contribution < -0.4 is 10.2 Å². The Balaban J connectivity index is 1.83. The molecule has 138 valence electrons. The van der Waals surface area contributed by atoms with Gasteiger partial charge in [-0.1, -0.05) is 24.3 Å². The van der Waals surface area contributed by atoms with E-state index in [4.69, 9.17) is 14.0 Å². The SMILES string of the molecule is CN(C)C(=O)COc1ccc2ccc(B3OC(C)(C)C(C)(C)O3)cc2c1. The molecule has 1 fully saturated rings. The van der Waals surface area contributed by atoms with Gasteiger partial charge in [-0.05, 0) is 56.1 Å². The molecule has 1 heterocycles. The van der Waals surface area contributed by atoms with Crippen molar-refractivity contribution in [1.29, 1.82) is 0 Å². The van der Waals surface area contributed by atoms with Crippen LogP contribution in [0, 0.1) is 0 Å². The number of hydrogen-bond donors (Lipinski definition) is 0. The number of likely N-dealkylation sites (N-methyl/N-ethyl adjacent to an activating group) is 1. The lowest BCUT2D eigenvalue weighted by Gasteiger charge is -2.32. The van der Waals surface area contributed by atoms with E-state index in [0.29, 0.717) is 5.75 Å². The molecule has 0 radical (unpaired) electrons. The summed E-state index contributed by atoms with van der Waals surface area (Å²) in [5.41, 5.74) is 0.228. The highest BCUT2D eigenvalue weighted by molar-refractivity contribution is 6.62. The maximum Gasteiger partial charge on any atom is 0.494 e. The molecule has 0 atom stereocenters. The first-order chi connectivity index (χ1) is 12.1. The van der Waals surface area contributed by atoms with Crippen molar-refractivity contribution in [3.05, 3.63) is 36.4 Å². The molecule has 1 amide bonds. The Kier molecular flexibility index (Phi) is 4.75. The van der Waals surface area contributed by atoms with Gasteiger partial charge in [-0.2, -0.15) is 0 Å². The van der Waals surface area contributed by atoms with E-state index in [-0.39, 0.29) is 23.7 Å². The maximum absolute atomic E-state index is 11.7. The molecule has 2 aromatic carbocycles. The third-order valence-corrected chi connectivity index (χ3v) is 5.22. The van der Waals surface area contributed by atoms with Crippen molar-refractivity contribution < 1.29 is 18.8 Å². The molecule has 3 rings (SSSR count). The lowest BCUT2D eigenvalue weighted by atomic mass is 9.78. The van der Waals surface area contributed by atoms with E-state index in [1.54, 1.807) is 14.1 Å². The van der Waals surface area contributed by atoms with Gasteiger partial charge in [0.05, 0.1) is 11.2 Å². The molecule has 0 bridgehead atoms. The van der Waals surface area contributed by atoms with Crippen molar-refractivity contribution in [2.75, 3.05) is 20.7 Å². The van der Waals surface area contributed by atoms with Crippen molar-refractivity contribution in [2.24, 2.45) is 0 Å². The second-order valence-electron chi connectivity index (χ2n) is 7.93. The molecule has 1 saturated heterocycles. The van der Waals surface area contributed by atoms with Crippen LogP contribution in [-0.4, -0.2) is 49.8 Å². The van der Waals surface area contributed by atoms with E-state index >= 15 is 0 Å². The van der Waals surface area contributed by atoms with Crippen LogP contribution in [0.2, 0.25) is 0 Å². The van der Waals surface area contributed by atoms with Gasteiger partial charge in [0.15, 0.2) is 6.61 Å². The van der Waals surface area contributed by atoms with E-state index in [0.717, 1.165) is 16.2 Å². The van der Waals surface area contributed by atoms with Crippen molar-refractivity contribution >= 4 is 29.3 Å². The first-order valence-electron chi connectivity index (χ1n) is 8.81. The van der Waals surface area contributed by atoms with Gasteiger partial charge in [-0.15, -0.1) is 0 Å². The van der Waals surface area contributed by atoms with Crippen LogP contribution in [-0.2, 0) is 14.1 Å². The fourth-order valence-electron chi connectivity index (χ4n) is 2.73. The van der Waals surface area contributed by atoms with Crippen LogP contribution >= 0.6 is 0 Å². The molecular weight excluding hydrogens is 329 g/mol. The number of rotatable bonds is 4. The van der Waals surface area contributed by atoms with Crippen molar-refractivity contribution in [2.45, 2.75) is 38.9 Å². The molecule has 5 nitrogen and oxygen atoms in total. The summed E-state index contributed by atoms with van der Waals surface area (Å²) in [6, 6.07) is 11.9. The summed E-state index contributed by atoms with van der Waals surface area (Å²) < 4.78 is 17.9. The summed E-state index contributed by atoms with van der Waals surface area (Å²) in [6.07, 6.45) is 0. The second kappa shape index (κ2) is 6.60. The summed E-state index contributed by atoms with van der Waals surface area (Å²) in [4.78, 5) is 13.2. The van der Waals surface area contributed by atoms with Gasteiger partial charge in [0.1, 0.15) is 5.75 Å². The number of amides is 1. The zero-order valence-electron chi connectivity index (χ0n) is 16.3. The number of hydrogen-bond acceptors (Lipinski definition) is 4. The summed E-state index contributed by atoms with van der Waals surface area (Å²) in [7, 11) is 3.02. The van der Waals surface area contributed by atoms with Crippen LogP contribution in [0.15, 0.2) is 36.4 Å². The highest BCUT2D eigenvalue weighted by Crippen LogP contribution is 2.36. The van der Waals surface area contributed by atoms with Crippen LogP contribution in [0.1, 0.15) is 27.7 Å². The lowest BCUT2D eigenvalue weighted by Crippen LogP contribution is -2.41. The van der Waals surface area contributed by atoms with Crippen LogP contribution in [0.5, 0.6) is 5.75 Å². The zero-order valence-corrected chi connectivity index (χ0v) is 16.3. The smallest absolute Gasteiger partial charge is 0.484 e. The van der Waals surface area contributed by atoms with E-state index in [1.807, 2.05) is 58.0 Å². The molecule has 0 aromatic heterocycles. The Morgan fingerprint density at radius 2 is 1.62 bits per heavy atom. The number of benzene rings is 2. The van der Waals surface area contributed by atoms with E-state index < -0.39 is 7.12 Å². The number of nitrogens with zero attached hydrogens (tertiary/aromatic N) is 1. The Morgan fingerprint density at radius 3 is 2.23 bits per heavy atom. The average molecular weight is 355 g/mol. The minimum atomic E-state index is -0.399. The van der Waals surface area contributed by atoms with Gasteiger partial charge in [-0.25, -0.2) is 0 Å². The van der Waals surface area contributed by atoms with Gasteiger partial charge >= 0.3 is 7.12 Å². The molecule has 26 heavy (non-hydrogen) atoms. The van der Waals surface area contributed by atoms with Crippen molar-refractivity contribution in [3.8, 4) is 5.75 Å². The molecule has 0 unspecified atom stereocenters. The highest BCUT2D eigenvalue weighted by Gasteiger charge is 2.51. The minimum absolute atomic E-state index is 0.0232. The highest BCUT2D eigenvalue weighted by atomic mass is 16.7. The fraction of sp³-hybridized carbons (Fsp3) is 0.450. The van der Waals surface area contributed by atoms with Crippen LogP contribution in [0.3, 0.4) is 0 Å². The van der Waals surface area contributed by atoms with Crippen molar-refractivity contribution in [3.63, 3.8) is 0 Å². The number of carbonyl (C=O) groups is 1. The third kappa shape index (κ3) is 3.57. The molecule has 1 aliphatic rings. The van der Waals surface area contributed by atoms with Crippen LogP contribution in [0.25, 0.3) is 10.8 Å². The van der Waals surface area contributed by atoms with Crippen LogP contribution in [0.4, 0.5) is 0 Å². The standard InChI is InChI=1S/C20H26BNO4/c1-19(2)20(3,4)26-21(25-19)16-9-7-14-8-10-17(12-15(14)11-16)24-13-18(23)22(5)6/h7-12H,13H2,1-6H3. The molecule has 6 heteroatoms. The minimum Gasteiger partial charge on any atom is -0.484 e. The number of fused-ring (bicyclic) bond motifs is 1. The number of ether oxygens (including phenoxy) is 1. The molecule has 0 spiro atoms. The van der Waals surface area contributed by atoms with Crippen molar-refractivity contribution in [1.82, 2.24) is 4.90 Å². The monoisotopic (exact) mass is 355 g/mol. The van der Waals surface area contributed by atoms with Gasteiger partial charge in [0.25, 0.3) is 5.91 Å². The predicted octanol–water partition coefficient (Wildman–Crippen LogP) is 2.61. The van der Waals surface area contributed by atoms with Gasteiger partial charge < -0.3 is 18.9 Å². The molecule has 0 saturated carbocycles. The predicted molar refractivity (Wildman–Crippen MR) is 104 cm³/mol. The summed E-state index contributed by atoms with van der Waals surface area (Å²) in [6.45, 7) is 8.20. The molecule has 0 aliphatic carbocycles. The van der Waals surface area contributed by atoms with Gasteiger partial charge in [0.2, 0.25) is 0 Å². The Labute approximate surface area is 155 Å². The van der Waals surface area contributed by atoms with Gasteiger partial charge in [0, 0.05) is 14.1 Å². The molecule has 0 N–H and O–H groups in total. The summed E-state index contributed by atoms with van der Waals surface area (Å²) >= 11 is 0. The Morgan fingerprint density at radius 1 is 1.00 bits per heavy atom. The largest absolute Gasteiger partial charge is 0.494 e. The first-order valence-corrected chi connectivity index (χ1v) is 8.81. The van der Waals surface area contributed by atoms with E-state index in [1.165, 1.54) is 4.90 Å².